The molecule has 0 amide bonds. The van der Waals surface area contributed by atoms with E-state index in [-0.39, 0.29) is 6.42 Å². The average Bonchev–Trinajstić information content (AvgIpc) is 2.35. The van der Waals surface area contributed by atoms with E-state index in [1.165, 1.54) is 0 Å². The molecule has 104 valence electrons. The van der Waals surface area contributed by atoms with E-state index in [2.05, 4.69) is 6.58 Å². The molecule has 0 saturated carbocycles. The van der Waals surface area contributed by atoms with E-state index in [1.807, 2.05) is 43.0 Å². The second kappa shape index (κ2) is 7.46. The van der Waals surface area contributed by atoms with E-state index in [0.717, 1.165) is 17.0 Å². The van der Waals surface area contributed by atoms with Gasteiger partial charge >= 0.3 is 5.97 Å². The van der Waals surface area contributed by atoms with Crippen LogP contribution in [0.5, 0.6) is 5.75 Å². The smallest absolute Gasteiger partial charge is 0.305 e. The number of hydrogen-bond acceptors (Lipinski definition) is 3. The van der Waals surface area contributed by atoms with Gasteiger partial charge in [0.25, 0.3) is 0 Å². The molecular formula is C15H21NO3. The highest BCUT2D eigenvalue weighted by Gasteiger charge is 2.13. The first-order valence-corrected chi connectivity index (χ1v) is 6.37. The topological polar surface area (TPSA) is 49.8 Å². The highest BCUT2D eigenvalue weighted by atomic mass is 16.5. The fourth-order valence-electron chi connectivity index (χ4n) is 1.84. The van der Waals surface area contributed by atoms with Gasteiger partial charge < -0.3 is 14.7 Å². The van der Waals surface area contributed by atoms with Gasteiger partial charge in [-0.1, -0.05) is 24.3 Å². The lowest BCUT2D eigenvalue weighted by Gasteiger charge is -2.26. The van der Waals surface area contributed by atoms with Crippen LogP contribution in [0, 0.1) is 0 Å². The molecule has 0 spiro atoms. The molecule has 0 bridgehead atoms. The van der Waals surface area contributed by atoms with Crippen LogP contribution in [-0.2, 0) is 4.79 Å². The van der Waals surface area contributed by atoms with Gasteiger partial charge in [-0.3, -0.25) is 4.79 Å². The van der Waals surface area contributed by atoms with E-state index in [4.69, 9.17) is 9.84 Å². The molecule has 1 aromatic carbocycles. The van der Waals surface area contributed by atoms with Crippen LogP contribution in [0.25, 0.3) is 0 Å². The zero-order valence-corrected chi connectivity index (χ0v) is 11.6. The SMILES string of the molecule is C=C(C)CN(CCC(=O)O)c1ccccc1OCC. The summed E-state index contributed by atoms with van der Waals surface area (Å²) in [5.41, 5.74) is 1.89. The summed E-state index contributed by atoms with van der Waals surface area (Å²) >= 11 is 0. The third-order valence-electron chi connectivity index (χ3n) is 2.56. The van der Waals surface area contributed by atoms with Gasteiger partial charge in [0.2, 0.25) is 0 Å². The predicted octanol–water partition coefficient (Wildman–Crippen LogP) is 2.94. The van der Waals surface area contributed by atoms with Crippen molar-refractivity contribution in [3.8, 4) is 5.75 Å². The fraction of sp³-hybridized carbons (Fsp3) is 0.400. The summed E-state index contributed by atoms with van der Waals surface area (Å²) in [6, 6.07) is 7.66. The number of anilines is 1. The lowest BCUT2D eigenvalue weighted by Crippen LogP contribution is -2.28. The minimum Gasteiger partial charge on any atom is -0.492 e. The molecule has 0 heterocycles. The van der Waals surface area contributed by atoms with Crippen LogP contribution in [0.1, 0.15) is 20.3 Å². The molecule has 0 fully saturated rings. The Bertz CT molecular complexity index is 443. The van der Waals surface area contributed by atoms with Crippen molar-refractivity contribution < 1.29 is 14.6 Å². The third kappa shape index (κ3) is 5.04. The highest BCUT2D eigenvalue weighted by Crippen LogP contribution is 2.28. The predicted molar refractivity (Wildman–Crippen MR) is 76.9 cm³/mol. The number of para-hydroxylation sites is 2. The number of carboxylic acids is 1. The van der Waals surface area contributed by atoms with Crippen LogP contribution in [0.3, 0.4) is 0 Å². The number of carboxylic acid groups (broad SMARTS) is 1. The van der Waals surface area contributed by atoms with Crippen molar-refractivity contribution >= 4 is 11.7 Å². The van der Waals surface area contributed by atoms with Crippen LogP contribution in [0.15, 0.2) is 36.4 Å². The van der Waals surface area contributed by atoms with Gasteiger partial charge in [0.05, 0.1) is 18.7 Å². The Hall–Kier alpha value is -1.97. The van der Waals surface area contributed by atoms with Crippen molar-refractivity contribution in [3.05, 3.63) is 36.4 Å². The fourth-order valence-corrected chi connectivity index (χ4v) is 1.84. The number of nitrogens with zero attached hydrogens (tertiary/aromatic N) is 1. The Morgan fingerprint density at radius 1 is 1.42 bits per heavy atom. The summed E-state index contributed by atoms with van der Waals surface area (Å²) in [6.45, 7) is 9.39. The van der Waals surface area contributed by atoms with Gasteiger partial charge in [-0.05, 0) is 26.0 Å². The van der Waals surface area contributed by atoms with Crippen molar-refractivity contribution in [1.82, 2.24) is 0 Å². The van der Waals surface area contributed by atoms with E-state index < -0.39 is 5.97 Å². The molecule has 4 heteroatoms. The summed E-state index contributed by atoms with van der Waals surface area (Å²) in [5.74, 6) is -0.0303. The van der Waals surface area contributed by atoms with E-state index >= 15 is 0 Å². The maximum Gasteiger partial charge on any atom is 0.305 e. The molecule has 0 radical (unpaired) electrons. The maximum absolute atomic E-state index is 10.8. The maximum atomic E-state index is 10.8. The summed E-state index contributed by atoms with van der Waals surface area (Å²) in [4.78, 5) is 12.7. The molecule has 0 aliphatic carbocycles. The van der Waals surface area contributed by atoms with Gasteiger partial charge in [0.1, 0.15) is 5.75 Å². The zero-order chi connectivity index (χ0) is 14.3. The first-order chi connectivity index (χ1) is 9.04. The van der Waals surface area contributed by atoms with E-state index in [9.17, 15) is 4.79 Å². The molecule has 4 nitrogen and oxygen atoms in total. The normalized spacial score (nSPS) is 10.0. The Labute approximate surface area is 114 Å². The Kier molecular flexibility index (Phi) is 5.93. The van der Waals surface area contributed by atoms with Crippen LogP contribution < -0.4 is 9.64 Å². The molecule has 1 rings (SSSR count). The zero-order valence-electron chi connectivity index (χ0n) is 11.6. The molecular weight excluding hydrogens is 242 g/mol. The van der Waals surface area contributed by atoms with Crippen molar-refractivity contribution in [1.29, 1.82) is 0 Å². The van der Waals surface area contributed by atoms with Crippen LogP contribution in [0.2, 0.25) is 0 Å². The third-order valence-corrected chi connectivity index (χ3v) is 2.56. The Balaban J connectivity index is 2.94. The van der Waals surface area contributed by atoms with Crippen LogP contribution >= 0.6 is 0 Å². The molecule has 0 atom stereocenters. The number of aliphatic carboxylic acids is 1. The van der Waals surface area contributed by atoms with Crippen molar-refractivity contribution in [2.24, 2.45) is 0 Å². The van der Waals surface area contributed by atoms with Gasteiger partial charge in [-0.2, -0.15) is 0 Å². The standard InChI is InChI=1S/C15H21NO3/c1-4-19-14-8-6-5-7-13(14)16(11-12(2)3)10-9-15(17)18/h5-8H,2,4,9-11H2,1,3H3,(H,17,18). The Morgan fingerprint density at radius 2 is 2.11 bits per heavy atom. The molecule has 0 unspecified atom stereocenters. The minimum atomic E-state index is -0.805. The number of ether oxygens (including phenoxy) is 1. The van der Waals surface area contributed by atoms with E-state index in [1.54, 1.807) is 0 Å². The number of carbonyl (C=O) groups is 1. The van der Waals surface area contributed by atoms with Crippen LogP contribution in [-0.4, -0.2) is 30.8 Å². The summed E-state index contributed by atoms with van der Waals surface area (Å²) in [6.07, 6.45) is 0.0910. The lowest BCUT2D eigenvalue weighted by atomic mass is 10.2. The van der Waals surface area contributed by atoms with Gasteiger partial charge in [-0.25, -0.2) is 0 Å². The first-order valence-electron chi connectivity index (χ1n) is 6.37. The second-order valence-corrected chi connectivity index (χ2v) is 4.42. The quantitative estimate of drug-likeness (QED) is 0.733. The van der Waals surface area contributed by atoms with E-state index in [0.29, 0.717) is 19.7 Å². The number of hydrogen-bond donors (Lipinski definition) is 1. The molecule has 0 aromatic heterocycles. The molecule has 0 aliphatic rings. The van der Waals surface area contributed by atoms with Gasteiger partial charge in [-0.15, -0.1) is 0 Å². The first kappa shape index (κ1) is 15.1. The minimum absolute atomic E-state index is 0.0910. The molecule has 1 N–H and O–H groups in total. The van der Waals surface area contributed by atoms with Crippen LogP contribution in [0.4, 0.5) is 5.69 Å². The molecule has 0 saturated heterocycles. The molecule has 0 aliphatic heterocycles. The van der Waals surface area contributed by atoms with Crippen molar-refractivity contribution in [2.45, 2.75) is 20.3 Å². The molecule has 19 heavy (non-hydrogen) atoms. The average molecular weight is 263 g/mol. The summed E-state index contributed by atoms with van der Waals surface area (Å²) in [7, 11) is 0. The van der Waals surface area contributed by atoms with Crippen molar-refractivity contribution in [3.63, 3.8) is 0 Å². The highest BCUT2D eigenvalue weighted by molar-refractivity contribution is 5.68. The van der Waals surface area contributed by atoms with Gasteiger partial charge in [0, 0.05) is 13.1 Å². The molecule has 1 aromatic rings. The van der Waals surface area contributed by atoms with Gasteiger partial charge in [0.15, 0.2) is 0 Å². The Morgan fingerprint density at radius 3 is 2.68 bits per heavy atom. The monoisotopic (exact) mass is 263 g/mol. The second-order valence-electron chi connectivity index (χ2n) is 4.42. The largest absolute Gasteiger partial charge is 0.492 e. The summed E-state index contributed by atoms with van der Waals surface area (Å²) < 4.78 is 5.59. The number of rotatable bonds is 8. The number of benzene rings is 1. The van der Waals surface area contributed by atoms with Crippen molar-refractivity contribution in [2.75, 3.05) is 24.6 Å². The lowest BCUT2D eigenvalue weighted by molar-refractivity contribution is -0.136. The summed E-state index contributed by atoms with van der Waals surface area (Å²) in [5, 5.41) is 8.84.